The Morgan fingerprint density at radius 2 is 1.94 bits per heavy atom. The molecule has 0 bridgehead atoms. The fourth-order valence-corrected chi connectivity index (χ4v) is 4.48. The lowest BCUT2D eigenvalue weighted by Crippen LogP contribution is -2.49. The molecule has 8 heteroatoms. The zero-order chi connectivity index (χ0) is 22.0. The first-order chi connectivity index (χ1) is 14.9. The van der Waals surface area contributed by atoms with Crippen molar-refractivity contribution in [2.24, 2.45) is 5.92 Å². The van der Waals surface area contributed by atoms with E-state index in [-0.39, 0.29) is 11.8 Å². The summed E-state index contributed by atoms with van der Waals surface area (Å²) in [6.07, 6.45) is 2.64. The Hall–Kier alpha value is -2.87. The van der Waals surface area contributed by atoms with E-state index in [9.17, 15) is 9.59 Å². The molecule has 2 aromatic rings. The van der Waals surface area contributed by atoms with E-state index in [1.807, 2.05) is 31.0 Å². The number of rotatable bonds is 5. The number of pyridine rings is 1. The van der Waals surface area contributed by atoms with Crippen molar-refractivity contribution < 1.29 is 14.0 Å². The highest BCUT2D eigenvalue weighted by atomic mass is 16.3. The SMILES string of the molecule is Cc1ccc(C(=O)N(C)C[C@H]2CCN(C)C2)c(N2CCN(C(=O)c3ccco3)CC2)n1. The van der Waals surface area contributed by atoms with E-state index in [1.165, 1.54) is 6.26 Å². The first kappa shape index (κ1) is 21.4. The van der Waals surface area contributed by atoms with Crippen molar-refractivity contribution in [1.29, 1.82) is 0 Å². The van der Waals surface area contributed by atoms with Gasteiger partial charge in [-0.2, -0.15) is 0 Å². The van der Waals surface area contributed by atoms with Crippen molar-refractivity contribution in [3.8, 4) is 0 Å². The summed E-state index contributed by atoms with van der Waals surface area (Å²) in [6, 6.07) is 7.19. The van der Waals surface area contributed by atoms with Crippen LogP contribution in [0, 0.1) is 12.8 Å². The largest absolute Gasteiger partial charge is 0.459 e. The number of piperazine rings is 1. The van der Waals surface area contributed by atoms with Crippen LogP contribution in [0.4, 0.5) is 5.82 Å². The normalized spacial score (nSPS) is 19.6. The van der Waals surface area contributed by atoms with Crippen LogP contribution in [0.15, 0.2) is 34.9 Å². The molecule has 2 fully saturated rings. The molecule has 0 N–H and O–H groups in total. The van der Waals surface area contributed by atoms with Crippen LogP contribution in [0.1, 0.15) is 33.0 Å². The molecule has 4 heterocycles. The number of hydrogen-bond donors (Lipinski definition) is 0. The minimum atomic E-state index is -0.0978. The Morgan fingerprint density at radius 1 is 1.16 bits per heavy atom. The minimum Gasteiger partial charge on any atom is -0.459 e. The number of furan rings is 1. The number of nitrogens with zero attached hydrogens (tertiary/aromatic N) is 5. The van der Waals surface area contributed by atoms with Crippen LogP contribution in [0.2, 0.25) is 0 Å². The molecule has 0 aromatic carbocycles. The summed E-state index contributed by atoms with van der Waals surface area (Å²) in [5.41, 5.74) is 1.51. The fraction of sp³-hybridized carbons (Fsp3) is 0.522. The molecule has 8 nitrogen and oxygen atoms in total. The lowest BCUT2D eigenvalue weighted by atomic mass is 10.1. The summed E-state index contributed by atoms with van der Waals surface area (Å²) in [5.74, 6) is 1.49. The lowest BCUT2D eigenvalue weighted by Gasteiger charge is -2.36. The number of aryl methyl sites for hydroxylation is 1. The van der Waals surface area contributed by atoms with Crippen molar-refractivity contribution >= 4 is 17.6 Å². The smallest absolute Gasteiger partial charge is 0.289 e. The van der Waals surface area contributed by atoms with E-state index in [2.05, 4.69) is 16.8 Å². The Morgan fingerprint density at radius 3 is 2.58 bits per heavy atom. The van der Waals surface area contributed by atoms with E-state index in [0.717, 1.165) is 31.7 Å². The number of carbonyl (C=O) groups is 2. The van der Waals surface area contributed by atoms with Gasteiger partial charge in [0.05, 0.1) is 11.8 Å². The van der Waals surface area contributed by atoms with Crippen LogP contribution in [0.3, 0.4) is 0 Å². The van der Waals surface area contributed by atoms with Crippen molar-refractivity contribution in [3.05, 3.63) is 47.5 Å². The standard InChI is InChI=1S/C23H31N5O3/c1-17-6-7-19(22(29)26(3)16-18-8-9-25(2)15-18)21(24-17)27-10-12-28(13-11-27)23(30)20-5-4-14-31-20/h4-7,14,18H,8-13,15-16H2,1-3H3/t18-/m0/s1. The van der Waals surface area contributed by atoms with Gasteiger partial charge in [0, 0.05) is 52.0 Å². The zero-order valence-electron chi connectivity index (χ0n) is 18.6. The van der Waals surface area contributed by atoms with Gasteiger partial charge >= 0.3 is 0 Å². The number of carbonyl (C=O) groups excluding carboxylic acids is 2. The number of amides is 2. The maximum Gasteiger partial charge on any atom is 0.289 e. The molecule has 1 atom stereocenters. The van der Waals surface area contributed by atoms with Gasteiger partial charge in [0.25, 0.3) is 11.8 Å². The summed E-state index contributed by atoms with van der Waals surface area (Å²) in [7, 11) is 4.00. The second-order valence-corrected chi connectivity index (χ2v) is 8.68. The minimum absolute atomic E-state index is 0.00569. The maximum absolute atomic E-state index is 13.3. The summed E-state index contributed by atoms with van der Waals surface area (Å²) >= 11 is 0. The van der Waals surface area contributed by atoms with E-state index in [0.29, 0.717) is 49.2 Å². The average Bonchev–Trinajstić information content (AvgIpc) is 3.45. The number of aromatic nitrogens is 1. The highest BCUT2D eigenvalue weighted by molar-refractivity contribution is 5.99. The zero-order valence-corrected chi connectivity index (χ0v) is 18.6. The van der Waals surface area contributed by atoms with Gasteiger partial charge in [-0.3, -0.25) is 9.59 Å². The third kappa shape index (κ3) is 4.74. The topological polar surface area (TPSA) is 73.1 Å². The Labute approximate surface area is 183 Å². The fourth-order valence-electron chi connectivity index (χ4n) is 4.48. The molecule has 0 spiro atoms. The van der Waals surface area contributed by atoms with Crippen molar-refractivity contribution in [2.45, 2.75) is 13.3 Å². The lowest BCUT2D eigenvalue weighted by molar-refractivity contribution is 0.0711. The molecule has 0 unspecified atom stereocenters. The molecule has 2 aromatic heterocycles. The predicted octanol–water partition coefficient (Wildman–Crippen LogP) is 1.97. The first-order valence-electron chi connectivity index (χ1n) is 10.9. The highest BCUT2D eigenvalue weighted by Crippen LogP contribution is 2.24. The van der Waals surface area contributed by atoms with Gasteiger partial charge < -0.3 is 24.0 Å². The molecule has 0 saturated carbocycles. The first-order valence-corrected chi connectivity index (χ1v) is 10.9. The molecule has 2 amide bonds. The second kappa shape index (κ2) is 9.09. The van der Waals surface area contributed by atoms with Crippen molar-refractivity contribution in [2.75, 3.05) is 64.8 Å². The van der Waals surface area contributed by atoms with Gasteiger partial charge in [0.2, 0.25) is 0 Å². The van der Waals surface area contributed by atoms with Crippen LogP contribution < -0.4 is 4.90 Å². The van der Waals surface area contributed by atoms with Gasteiger partial charge in [-0.15, -0.1) is 0 Å². The van der Waals surface area contributed by atoms with Crippen molar-refractivity contribution in [1.82, 2.24) is 19.7 Å². The van der Waals surface area contributed by atoms with Crippen LogP contribution in [-0.2, 0) is 0 Å². The second-order valence-electron chi connectivity index (χ2n) is 8.68. The Kier molecular flexibility index (Phi) is 6.27. The maximum atomic E-state index is 13.3. The summed E-state index contributed by atoms with van der Waals surface area (Å²) in [5, 5.41) is 0. The Bertz CT molecular complexity index is 921. The molecule has 31 heavy (non-hydrogen) atoms. The molecule has 0 radical (unpaired) electrons. The monoisotopic (exact) mass is 425 g/mol. The summed E-state index contributed by atoms with van der Waals surface area (Å²) in [6.45, 7) is 7.18. The molecule has 166 valence electrons. The van der Waals surface area contributed by atoms with Gasteiger partial charge in [-0.1, -0.05) is 0 Å². The molecular weight excluding hydrogens is 394 g/mol. The van der Waals surface area contributed by atoms with Gasteiger partial charge in [-0.25, -0.2) is 4.98 Å². The molecular formula is C23H31N5O3. The average molecular weight is 426 g/mol. The van der Waals surface area contributed by atoms with Gasteiger partial charge in [0.1, 0.15) is 5.82 Å². The molecule has 2 aliphatic heterocycles. The predicted molar refractivity (Wildman–Crippen MR) is 118 cm³/mol. The van der Waals surface area contributed by atoms with Gasteiger partial charge in [0.15, 0.2) is 5.76 Å². The third-order valence-electron chi connectivity index (χ3n) is 6.21. The quantitative estimate of drug-likeness (QED) is 0.729. The van der Waals surface area contributed by atoms with Crippen LogP contribution in [0.5, 0.6) is 0 Å². The number of hydrogen-bond acceptors (Lipinski definition) is 6. The number of likely N-dealkylation sites (tertiary alicyclic amines) is 1. The van der Waals surface area contributed by atoms with Crippen LogP contribution in [0.25, 0.3) is 0 Å². The van der Waals surface area contributed by atoms with Crippen LogP contribution >= 0.6 is 0 Å². The third-order valence-corrected chi connectivity index (χ3v) is 6.21. The van der Waals surface area contributed by atoms with E-state index in [4.69, 9.17) is 9.40 Å². The molecule has 0 aliphatic carbocycles. The van der Waals surface area contributed by atoms with E-state index < -0.39 is 0 Å². The van der Waals surface area contributed by atoms with E-state index >= 15 is 0 Å². The summed E-state index contributed by atoms with van der Waals surface area (Å²) in [4.78, 5) is 38.6. The molecule has 2 saturated heterocycles. The van der Waals surface area contributed by atoms with E-state index in [1.54, 1.807) is 17.0 Å². The number of anilines is 1. The molecule has 4 rings (SSSR count). The Balaban J connectivity index is 1.44. The van der Waals surface area contributed by atoms with Gasteiger partial charge in [-0.05, 0) is 57.1 Å². The van der Waals surface area contributed by atoms with Crippen molar-refractivity contribution in [3.63, 3.8) is 0 Å². The molecule has 2 aliphatic rings. The summed E-state index contributed by atoms with van der Waals surface area (Å²) < 4.78 is 5.24. The van der Waals surface area contributed by atoms with Crippen LogP contribution in [-0.4, -0.2) is 91.4 Å². The highest BCUT2D eigenvalue weighted by Gasteiger charge is 2.29.